The van der Waals surface area contributed by atoms with E-state index in [0.29, 0.717) is 17.5 Å². The highest BCUT2D eigenvalue weighted by Gasteiger charge is 2.37. The van der Waals surface area contributed by atoms with Gasteiger partial charge in [-0.15, -0.1) is 0 Å². The van der Waals surface area contributed by atoms with Crippen molar-refractivity contribution in [2.75, 3.05) is 0 Å². The van der Waals surface area contributed by atoms with Crippen molar-refractivity contribution in [1.82, 2.24) is 19.5 Å². The Balaban J connectivity index is 1.32. The molecule has 0 N–H and O–H groups in total. The summed E-state index contributed by atoms with van der Waals surface area (Å²) < 4.78 is 2.47. The Morgan fingerprint density at radius 1 is 0.478 bits per heavy atom. The Morgan fingerprint density at radius 3 is 1.65 bits per heavy atom. The first kappa shape index (κ1) is 26.5. The van der Waals surface area contributed by atoms with Crippen molar-refractivity contribution in [1.29, 1.82) is 0 Å². The molecule has 9 rings (SSSR count). The van der Waals surface area contributed by atoms with Crippen LogP contribution < -0.4 is 0 Å². The lowest BCUT2D eigenvalue weighted by atomic mass is 9.71. The van der Waals surface area contributed by atoms with Crippen molar-refractivity contribution in [3.05, 3.63) is 157 Å². The summed E-state index contributed by atoms with van der Waals surface area (Å²) in [4.78, 5) is 15.0. The Hall–Kier alpha value is -5.87. The highest BCUT2D eigenvalue weighted by atomic mass is 15.0. The van der Waals surface area contributed by atoms with E-state index in [-0.39, 0.29) is 5.41 Å². The maximum Gasteiger partial charge on any atom is 0.164 e. The molecule has 0 saturated carbocycles. The van der Waals surface area contributed by atoms with E-state index in [9.17, 15) is 0 Å². The zero-order valence-corrected chi connectivity index (χ0v) is 25.6. The van der Waals surface area contributed by atoms with Gasteiger partial charge in [0.05, 0.1) is 16.7 Å². The van der Waals surface area contributed by atoms with E-state index in [1.807, 2.05) is 60.7 Å². The van der Waals surface area contributed by atoms with Gasteiger partial charge in [0.25, 0.3) is 0 Å². The molecule has 0 saturated heterocycles. The van der Waals surface area contributed by atoms with Gasteiger partial charge in [-0.3, -0.25) is 0 Å². The van der Waals surface area contributed by atoms with Crippen LogP contribution in [0.1, 0.15) is 25.0 Å². The molecule has 0 spiro atoms. The summed E-state index contributed by atoms with van der Waals surface area (Å²) in [5.41, 5.74) is 11.3. The first-order valence-electron chi connectivity index (χ1n) is 15.7. The number of hydrogen-bond acceptors (Lipinski definition) is 3. The third-order valence-electron chi connectivity index (χ3n) is 9.41. The molecule has 4 nitrogen and oxygen atoms in total. The SMILES string of the molecule is CC1(C)c2cc(-c3nc(-c4ccccc4)nc(-c4ccccc4)n3)ccc2-n2c3ccccc3c3ccc(-c4ccccc4)c1c32. The maximum absolute atomic E-state index is 5.06. The number of hydrogen-bond donors (Lipinski definition) is 0. The summed E-state index contributed by atoms with van der Waals surface area (Å²) in [5, 5.41) is 2.55. The van der Waals surface area contributed by atoms with Crippen LogP contribution in [0.2, 0.25) is 0 Å². The molecule has 4 heteroatoms. The monoisotopic (exact) mass is 590 g/mol. The van der Waals surface area contributed by atoms with Crippen molar-refractivity contribution in [3.8, 4) is 51.0 Å². The fraction of sp³-hybridized carbons (Fsp3) is 0.0714. The Morgan fingerprint density at radius 2 is 1.02 bits per heavy atom. The van der Waals surface area contributed by atoms with Crippen molar-refractivity contribution in [2.24, 2.45) is 0 Å². The van der Waals surface area contributed by atoms with Crippen LogP contribution in [0, 0.1) is 0 Å². The molecule has 3 heterocycles. The van der Waals surface area contributed by atoms with Crippen LogP contribution in [0.15, 0.2) is 146 Å². The summed E-state index contributed by atoms with van der Waals surface area (Å²) in [7, 11) is 0. The van der Waals surface area contributed by atoms with Crippen molar-refractivity contribution in [2.45, 2.75) is 19.3 Å². The second kappa shape index (κ2) is 10.1. The first-order chi connectivity index (χ1) is 22.6. The van der Waals surface area contributed by atoms with Crippen LogP contribution in [0.25, 0.3) is 72.8 Å². The lowest BCUT2D eigenvalue weighted by Gasteiger charge is -2.36. The molecule has 0 radical (unpaired) electrons. The van der Waals surface area contributed by atoms with Gasteiger partial charge in [-0.1, -0.05) is 135 Å². The number of fused-ring (bicyclic) bond motifs is 5. The van der Waals surface area contributed by atoms with Gasteiger partial charge in [0.15, 0.2) is 17.5 Å². The molecule has 1 aliphatic rings. The van der Waals surface area contributed by atoms with Crippen LogP contribution in [-0.2, 0) is 5.41 Å². The van der Waals surface area contributed by atoms with Gasteiger partial charge >= 0.3 is 0 Å². The number of benzene rings is 6. The highest BCUT2D eigenvalue weighted by molar-refractivity contribution is 6.13. The third-order valence-corrected chi connectivity index (χ3v) is 9.41. The van der Waals surface area contributed by atoms with E-state index in [0.717, 1.165) is 16.7 Å². The lowest BCUT2D eigenvalue weighted by molar-refractivity contribution is 0.632. The van der Waals surface area contributed by atoms with Crippen LogP contribution in [0.5, 0.6) is 0 Å². The van der Waals surface area contributed by atoms with Crippen LogP contribution in [-0.4, -0.2) is 19.5 Å². The minimum Gasteiger partial charge on any atom is -0.309 e. The average molecular weight is 591 g/mol. The molecule has 218 valence electrons. The number of rotatable bonds is 4. The molecule has 46 heavy (non-hydrogen) atoms. The molecule has 0 atom stereocenters. The van der Waals surface area contributed by atoms with E-state index in [4.69, 9.17) is 15.0 Å². The predicted octanol–water partition coefficient (Wildman–Crippen LogP) is 10.3. The fourth-order valence-electron chi connectivity index (χ4n) is 7.24. The summed E-state index contributed by atoms with van der Waals surface area (Å²) in [5.74, 6) is 1.99. The zero-order valence-electron chi connectivity index (χ0n) is 25.6. The largest absolute Gasteiger partial charge is 0.309 e. The van der Waals surface area contributed by atoms with E-state index in [1.165, 1.54) is 49.7 Å². The highest BCUT2D eigenvalue weighted by Crippen LogP contribution is 2.51. The van der Waals surface area contributed by atoms with Crippen LogP contribution in [0.4, 0.5) is 0 Å². The molecule has 0 fully saturated rings. The van der Waals surface area contributed by atoms with Gasteiger partial charge in [-0.2, -0.15) is 0 Å². The molecular formula is C42H30N4. The topological polar surface area (TPSA) is 43.6 Å². The van der Waals surface area contributed by atoms with Gasteiger partial charge in [-0.05, 0) is 46.5 Å². The fourth-order valence-corrected chi connectivity index (χ4v) is 7.24. The van der Waals surface area contributed by atoms with Crippen molar-refractivity contribution >= 4 is 21.8 Å². The standard InChI is InChI=1S/C42H30N4/c1-42(2)34-26-30(41-44-39(28-16-8-4-9-17-28)43-40(45-41)29-18-10-5-11-19-29)22-25-36(34)46-35-21-13-12-20-32(35)33-24-23-31(37(42)38(33)46)27-14-6-3-7-15-27/h3-26H,1-2H3. The Bertz CT molecular complexity index is 2370. The third kappa shape index (κ3) is 3.97. The molecule has 6 aromatic carbocycles. The minimum absolute atomic E-state index is 0.308. The van der Waals surface area contributed by atoms with Gasteiger partial charge in [0, 0.05) is 32.9 Å². The summed E-state index contributed by atoms with van der Waals surface area (Å²) >= 11 is 0. The second-order valence-electron chi connectivity index (χ2n) is 12.5. The molecule has 0 amide bonds. The quantitative estimate of drug-likeness (QED) is 0.205. The van der Waals surface area contributed by atoms with Gasteiger partial charge in [0.2, 0.25) is 0 Å². The average Bonchev–Trinajstić information content (AvgIpc) is 3.46. The van der Waals surface area contributed by atoms with Gasteiger partial charge in [0.1, 0.15) is 0 Å². The van der Waals surface area contributed by atoms with Gasteiger partial charge < -0.3 is 4.57 Å². The van der Waals surface area contributed by atoms with E-state index >= 15 is 0 Å². The second-order valence-corrected chi connectivity index (χ2v) is 12.5. The summed E-state index contributed by atoms with van der Waals surface area (Å²) in [6, 6.07) is 51.2. The smallest absolute Gasteiger partial charge is 0.164 e. The number of nitrogens with zero attached hydrogens (tertiary/aromatic N) is 4. The molecule has 2 aromatic heterocycles. The predicted molar refractivity (Wildman–Crippen MR) is 188 cm³/mol. The first-order valence-corrected chi connectivity index (χ1v) is 15.7. The van der Waals surface area contributed by atoms with Crippen LogP contribution in [0.3, 0.4) is 0 Å². The Labute approximate surface area is 267 Å². The molecule has 1 aliphatic heterocycles. The number of para-hydroxylation sites is 1. The normalized spacial score (nSPS) is 13.2. The summed E-state index contributed by atoms with van der Waals surface area (Å²) in [6.07, 6.45) is 0. The molecule has 0 aliphatic carbocycles. The molecule has 0 unspecified atom stereocenters. The van der Waals surface area contributed by atoms with E-state index < -0.39 is 0 Å². The minimum atomic E-state index is -0.308. The lowest BCUT2D eigenvalue weighted by Crippen LogP contribution is -2.27. The van der Waals surface area contributed by atoms with Crippen molar-refractivity contribution in [3.63, 3.8) is 0 Å². The van der Waals surface area contributed by atoms with E-state index in [2.05, 4.69) is 103 Å². The molecular weight excluding hydrogens is 560 g/mol. The molecule has 0 bridgehead atoms. The zero-order chi connectivity index (χ0) is 30.8. The van der Waals surface area contributed by atoms with Crippen LogP contribution >= 0.6 is 0 Å². The summed E-state index contributed by atoms with van der Waals surface area (Å²) in [6.45, 7) is 4.71. The maximum atomic E-state index is 5.06. The Kier molecular flexibility index (Phi) is 5.81. The van der Waals surface area contributed by atoms with Crippen molar-refractivity contribution < 1.29 is 0 Å². The number of aromatic nitrogens is 4. The molecule has 8 aromatic rings. The van der Waals surface area contributed by atoms with Gasteiger partial charge in [-0.25, -0.2) is 15.0 Å². The van der Waals surface area contributed by atoms with E-state index in [1.54, 1.807) is 0 Å².